The van der Waals surface area contributed by atoms with Gasteiger partial charge < -0.3 is 9.84 Å². The second-order valence-corrected chi connectivity index (χ2v) is 3.90. The maximum absolute atomic E-state index is 11.1. The molecule has 0 fully saturated rings. The Kier molecular flexibility index (Phi) is 3.01. The fourth-order valence-corrected chi connectivity index (χ4v) is 1.74. The van der Waals surface area contributed by atoms with Gasteiger partial charge in [0.1, 0.15) is 11.4 Å². The normalized spacial score (nSPS) is 10.4. The standard InChI is InChI=1S/C12H13N3O3/c1-7-4-5-9(18-3)8(6-7)10-11(12(16)17)14-15(2)13-10/h4-6H,1-3H3,(H,16,17). The van der Waals surface area contributed by atoms with E-state index in [4.69, 9.17) is 9.84 Å². The molecule has 0 atom stereocenters. The third-order valence-corrected chi connectivity index (χ3v) is 2.53. The van der Waals surface area contributed by atoms with E-state index in [-0.39, 0.29) is 5.69 Å². The van der Waals surface area contributed by atoms with Gasteiger partial charge in [0.15, 0.2) is 5.69 Å². The molecule has 2 rings (SSSR count). The highest BCUT2D eigenvalue weighted by Gasteiger charge is 2.21. The monoisotopic (exact) mass is 247 g/mol. The van der Waals surface area contributed by atoms with Gasteiger partial charge in [0.05, 0.1) is 7.11 Å². The molecule has 0 spiro atoms. The maximum Gasteiger partial charge on any atom is 0.358 e. The Morgan fingerprint density at radius 1 is 1.39 bits per heavy atom. The molecule has 0 unspecified atom stereocenters. The summed E-state index contributed by atoms with van der Waals surface area (Å²) in [5.41, 5.74) is 1.85. The lowest BCUT2D eigenvalue weighted by molar-refractivity contribution is 0.0690. The summed E-state index contributed by atoms with van der Waals surface area (Å²) in [6.45, 7) is 1.92. The van der Waals surface area contributed by atoms with Gasteiger partial charge in [-0.25, -0.2) is 4.79 Å². The van der Waals surface area contributed by atoms with Crippen LogP contribution in [0.5, 0.6) is 5.75 Å². The van der Waals surface area contributed by atoms with Crippen LogP contribution in [0.1, 0.15) is 16.1 Å². The molecule has 94 valence electrons. The number of hydrogen-bond donors (Lipinski definition) is 1. The first-order chi connectivity index (χ1) is 8.52. The molecular weight excluding hydrogens is 234 g/mol. The Morgan fingerprint density at radius 3 is 2.72 bits per heavy atom. The predicted octanol–water partition coefficient (Wildman–Crippen LogP) is 1.50. The minimum Gasteiger partial charge on any atom is -0.496 e. The molecule has 0 saturated heterocycles. The zero-order valence-corrected chi connectivity index (χ0v) is 10.3. The van der Waals surface area contributed by atoms with Crippen LogP contribution in [-0.2, 0) is 7.05 Å². The number of aromatic carboxylic acids is 1. The molecule has 1 heterocycles. The number of methoxy groups -OCH3 is 1. The van der Waals surface area contributed by atoms with Crippen LogP contribution in [-0.4, -0.2) is 33.2 Å². The summed E-state index contributed by atoms with van der Waals surface area (Å²) >= 11 is 0. The second kappa shape index (κ2) is 4.48. The molecule has 1 aromatic carbocycles. The van der Waals surface area contributed by atoms with Crippen molar-refractivity contribution in [2.75, 3.05) is 7.11 Å². The first-order valence-corrected chi connectivity index (χ1v) is 5.32. The average Bonchev–Trinajstić information content (AvgIpc) is 2.71. The molecule has 0 aliphatic heterocycles. The van der Waals surface area contributed by atoms with Crippen LogP contribution in [0.25, 0.3) is 11.3 Å². The Morgan fingerprint density at radius 2 is 2.11 bits per heavy atom. The van der Waals surface area contributed by atoms with Crippen molar-refractivity contribution in [1.82, 2.24) is 15.0 Å². The SMILES string of the molecule is COc1ccc(C)cc1-c1nn(C)nc1C(=O)O. The lowest BCUT2D eigenvalue weighted by atomic mass is 10.1. The van der Waals surface area contributed by atoms with Gasteiger partial charge >= 0.3 is 5.97 Å². The molecule has 1 aromatic heterocycles. The van der Waals surface area contributed by atoms with Gasteiger partial charge in [-0.3, -0.25) is 0 Å². The molecule has 0 bridgehead atoms. The molecule has 0 radical (unpaired) electrons. The lowest BCUT2D eigenvalue weighted by Crippen LogP contribution is -2.01. The minimum absolute atomic E-state index is 0.0820. The quantitative estimate of drug-likeness (QED) is 0.889. The van der Waals surface area contributed by atoms with Crippen LogP contribution < -0.4 is 4.74 Å². The number of rotatable bonds is 3. The summed E-state index contributed by atoms with van der Waals surface area (Å²) in [4.78, 5) is 12.4. The van der Waals surface area contributed by atoms with Gasteiger partial charge in [0.2, 0.25) is 0 Å². The van der Waals surface area contributed by atoms with Gasteiger partial charge in [0, 0.05) is 12.6 Å². The Hall–Kier alpha value is -2.37. The van der Waals surface area contributed by atoms with E-state index in [1.165, 1.54) is 11.9 Å². The third-order valence-electron chi connectivity index (χ3n) is 2.53. The molecule has 1 N–H and O–H groups in total. The summed E-state index contributed by atoms with van der Waals surface area (Å²) in [7, 11) is 3.11. The lowest BCUT2D eigenvalue weighted by Gasteiger charge is -2.07. The second-order valence-electron chi connectivity index (χ2n) is 3.90. The van der Waals surface area contributed by atoms with Crippen molar-refractivity contribution in [2.45, 2.75) is 6.92 Å². The summed E-state index contributed by atoms with van der Waals surface area (Å²) < 4.78 is 5.23. The number of benzene rings is 1. The zero-order chi connectivity index (χ0) is 13.3. The third kappa shape index (κ3) is 2.04. The number of carbonyl (C=O) groups is 1. The number of hydrogen-bond acceptors (Lipinski definition) is 4. The molecule has 6 nitrogen and oxygen atoms in total. The van der Waals surface area contributed by atoms with Crippen LogP contribution >= 0.6 is 0 Å². The van der Waals surface area contributed by atoms with E-state index in [1.54, 1.807) is 13.1 Å². The van der Waals surface area contributed by atoms with Crippen molar-refractivity contribution < 1.29 is 14.6 Å². The summed E-state index contributed by atoms with van der Waals surface area (Å²) in [6.07, 6.45) is 0. The topological polar surface area (TPSA) is 77.2 Å². The van der Waals surface area contributed by atoms with Crippen LogP contribution in [0.15, 0.2) is 18.2 Å². The highest BCUT2D eigenvalue weighted by Crippen LogP contribution is 2.31. The number of aromatic nitrogens is 3. The van der Waals surface area contributed by atoms with Gasteiger partial charge in [-0.15, -0.1) is 5.10 Å². The Balaban J connectivity index is 2.68. The molecule has 6 heteroatoms. The number of carboxylic acids is 1. The summed E-state index contributed by atoms with van der Waals surface area (Å²) in [5, 5.41) is 17.1. The summed E-state index contributed by atoms with van der Waals surface area (Å²) in [5.74, 6) is -0.537. The first kappa shape index (κ1) is 12.1. The molecule has 2 aromatic rings. The van der Waals surface area contributed by atoms with Gasteiger partial charge in [-0.1, -0.05) is 11.6 Å². The van der Waals surface area contributed by atoms with E-state index in [1.807, 2.05) is 19.1 Å². The zero-order valence-electron chi connectivity index (χ0n) is 10.3. The van der Waals surface area contributed by atoms with Crippen LogP contribution in [0.4, 0.5) is 0 Å². The smallest absolute Gasteiger partial charge is 0.358 e. The molecule has 0 aliphatic carbocycles. The van der Waals surface area contributed by atoms with Crippen molar-refractivity contribution in [3.8, 4) is 17.0 Å². The van der Waals surface area contributed by atoms with E-state index in [0.717, 1.165) is 5.56 Å². The molecule has 0 saturated carbocycles. The number of ether oxygens (including phenoxy) is 1. The Labute approximate surface area is 104 Å². The van der Waals surface area contributed by atoms with E-state index in [2.05, 4.69) is 10.2 Å². The Bertz CT molecular complexity index is 605. The number of nitrogens with zero attached hydrogens (tertiary/aromatic N) is 3. The van der Waals surface area contributed by atoms with Crippen molar-refractivity contribution in [2.24, 2.45) is 7.05 Å². The predicted molar refractivity (Wildman–Crippen MR) is 64.7 cm³/mol. The molecular formula is C12H13N3O3. The van der Waals surface area contributed by atoms with Crippen LogP contribution in [0.3, 0.4) is 0 Å². The van der Waals surface area contributed by atoms with Crippen molar-refractivity contribution >= 4 is 5.97 Å². The highest BCUT2D eigenvalue weighted by molar-refractivity contribution is 5.93. The van der Waals surface area contributed by atoms with Crippen molar-refractivity contribution in [1.29, 1.82) is 0 Å². The minimum atomic E-state index is -1.11. The van der Waals surface area contributed by atoms with Crippen molar-refractivity contribution in [3.63, 3.8) is 0 Å². The van der Waals surface area contributed by atoms with Crippen LogP contribution in [0.2, 0.25) is 0 Å². The van der Waals surface area contributed by atoms with Gasteiger partial charge in [-0.2, -0.15) is 9.90 Å². The molecule has 0 aliphatic rings. The van der Waals surface area contributed by atoms with E-state index in [0.29, 0.717) is 17.0 Å². The van der Waals surface area contributed by atoms with E-state index >= 15 is 0 Å². The number of carboxylic acid groups (broad SMARTS) is 1. The molecule has 18 heavy (non-hydrogen) atoms. The van der Waals surface area contributed by atoms with Crippen LogP contribution in [0, 0.1) is 6.92 Å². The highest BCUT2D eigenvalue weighted by atomic mass is 16.5. The fraction of sp³-hybridized carbons (Fsp3) is 0.250. The van der Waals surface area contributed by atoms with E-state index in [9.17, 15) is 4.79 Å². The first-order valence-electron chi connectivity index (χ1n) is 5.32. The largest absolute Gasteiger partial charge is 0.496 e. The summed E-state index contributed by atoms with van der Waals surface area (Å²) in [6, 6.07) is 5.50. The molecule has 0 amide bonds. The maximum atomic E-state index is 11.1. The van der Waals surface area contributed by atoms with Gasteiger partial charge in [-0.05, 0) is 19.1 Å². The number of aryl methyl sites for hydroxylation is 2. The van der Waals surface area contributed by atoms with Crippen molar-refractivity contribution in [3.05, 3.63) is 29.5 Å². The fourth-order valence-electron chi connectivity index (χ4n) is 1.74. The van der Waals surface area contributed by atoms with E-state index < -0.39 is 5.97 Å². The van der Waals surface area contributed by atoms with Gasteiger partial charge in [0.25, 0.3) is 0 Å². The average molecular weight is 247 g/mol.